The van der Waals surface area contributed by atoms with E-state index in [0.717, 1.165) is 11.1 Å². The van der Waals surface area contributed by atoms with Crippen molar-refractivity contribution >= 4 is 5.91 Å². The number of amides is 1. The number of nitrogens with one attached hydrogen (secondary N) is 2. The highest BCUT2D eigenvalue weighted by Crippen LogP contribution is 2.09. The largest absolute Gasteiger partial charge is 0.380 e. The van der Waals surface area contributed by atoms with Crippen LogP contribution < -0.4 is 10.6 Å². The Morgan fingerprint density at radius 3 is 2.58 bits per heavy atom. The standard InChI is InChI=1S/C15H24N2O2/c1-12(2)16-9-8-15(18)17-10-13-6-4-5-7-14(13)11-19-3/h4-7,12,16H,8-11H2,1-3H3,(H,17,18). The molecule has 0 heterocycles. The van der Waals surface area contributed by atoms with Crippen LogP contribution in [0.3, 0.4) is 0 Å². The zero-order valence-corrected chi connectivity index (χ0v) is 12.0. The first-order chi connectivity index (χ1) is 9.13. The van der Waals surface area contributed by atoms with Gasteiger partial charge in [-0.2, -0.15) is 0 Å². The van der Waals surface area contributed by atoms with Crippen LogP contribution in [0, 0.1) is 0 Å². The molecular formula is C15H24N2O2. The van der Waals surface area contributed by atoms with Gasteiger partial charge in [0.05, 0.1) is 6.61 Å². The fourth-order valence-corrected chi connectivity index (χ4v) is 1.78. The maximum absolute atomic E-state index is 11.7. The van der Waals surface area contributed by atoms with Crippen LogP contribution in [0.4, 0.5) is 0 Å². The van der Waals surface area contributed by atoms with Crippen LogP contribution in [-0.2, 0) is 22.7 Å². The third kappa shape index (κ3) is 6.36. The SMILES string of the molecule is COCc1ccccc1CNC(=O)CCNC(C)C. The minimum atomic E-state index is 0.0698. The molecule has 4 nitrogen and oxygen atoms in total. The molecule has 0 aliphatic heterocycles. The van der Waals surface area contributed by atoms with Gasteiger partial charge in [-0.05, 0) is 11.1 Å². The molecule has 106 valence electrons. The van der Waals surface area contributed by atoms with E-state index >= 15 is 0 Å². The van der Waals surface area contributed by atoms with Gasteiger partial charge in [0.25, 0.3) is 0 Å². The second kappa shape index (κ2) is 8.67. The smallest absolute Gasteiger partial charge is 0.221 e. The molecule has 1 aromatic carbocycles. The van der Waals surface area contributed by atoms with Crippen molar-refractivity contribution in [2.75, 3.05) is 13.7 Å². The molecule has 0 aromatic heterocycles. The summed E-state index contributed by atoms with van der Waals surface area (Å²) in [5.74, 6) is 0.0698. The van der Waals surface area contributed by atoms with Crippen LogP contribution >= 0.6 is 0 Å². The van der Waals surface area contributed by atoms with Gasteiger partial charge >= 0.3 is 0 Å². The number of ether oxygens (including phenoxy) is 1. The van der Waals surface area contributed by atoms with E-state index < -0.39 is 0 Å². The summed E-state index contributed by atoms with van der Waals surface area (Å²) in [6.07, 6.45) is 0.505. The fraction of sp³-hybridized carbons (Fsp3) is 0.533. The molecular weight excluding hydrogens is 240 g/mol. The van der Waals surface area contributed by atoms with Crippen LogP contribution in [0.5, 0.6) is 0 Å². The Morgan fingerprint density at radius 2 is 1.95 bits per heavy atom. The summed E-state index contributed by atoms with van der Waals surface area (Å²) in [5, 5.41) is 6.16. The Balaban J connectivity index is 2.37. The van der Waals surface area contributed by atoms with Crippen LogP contribution in [-0.4, -0.2) is 25.6 Å². The number of benzene rings is 1. The third-order valence-corrected chi connectivity index (χ3v) is 2.80. The highest BCUT2D eigenvalue weighted by atomic mass is 16.5. The molecule has 19 heavy (non-hydrogen) atoms. The molecule has 0 saturated carbocycles. The number of rotatable bonds is 8. The average molecular weight is 264 g/mol. The van der Waals surface area contributed by atoms with Gasteiger partial charge in [-0.1, -0.05) is 38.1 Å². The van der Waals surface area contributed by atoms with Gasteiger partial charge in [-0.25, -0.2) is 0 Å². The number of hydrogen-bond donors (Lipinski definition) is 2. The molecule has 0 spiro atoms. The summed E-state index contributed by atoms with van der Waals surface area (Å²) in [6, 6.07) is 8.40. The molecule has 2 N–H and O–H groups in total. The van der Waals surface area contributed by atoms with Gasteiger partial charge < -0.3 is 15.4 Å². The van der Waals surface area contributed by atoms with Gasteiger partial charge in [0.15, 0.2) is 0 Å². The predicted octanol–water partition coefficient (Wildman–Crippen LogP) is 1.84. The Kier molecular flexibility index (Phi) is 7.15. The van der Waals surface area contributed by atoms with E-state index in [9.17, 15) is 4.79 Å². The summed E-state index contributed by atoms with van der Waals surface area (Å²) in [5.41, 5.74) is 2.22. The Bertz CT molecular complexity index is 391. The second-order valence-electron chi connectivity index (χ2n) is 4.84. The van der Waals surface area contributed by atoms with E-state index in [2.05, 4.69) is 24.5 Å². The van der Waals surface area contributed by atoms with Gasteiger partial charge in [0.1, 0.15) is 0 Å². The van der Waals surface area contributed by atoms with Gasteiger partial charge in [-0.15, -0.1) is 0 Å². The number of carbonyl (C=O) groups is 1. The molecule has 4 heteroatoms. The van der Waals surface area contributed by atoms with Crippen molar-refractivity contribution in [3.8, 4) is 0 Å². The van der Waals surface area contributed by atoms with Crippen LogP contribution in [0.25, 0.3) is 0 Å². The monoisotopic (exact) mass is 264 g/mol. The molecule has 1 amide bonds. The van der Waals surface area contributed by atoms with Crippen molar-refractivity contribution in [2.45, 2.75) is 39.5 Å². The van der Waals surface area contributed by atoms with E-state index in [0.29, 0.717) is 32.2 Å². The first kappa shape index (κ1) is 15.7. The first-order valence-corrected chi connectivity index (χ1v) is 6.69. The van der Waals surface area contributed by atoms with Crippen LogP contribution in [0.15, 0.2) is 24.3 Å². The molecule has 0 atom stereocenters. The Labute approximate surface area is 115 Å². The van der Waals surface area contributed by atoms with Crippen molar-refractivity contribution in [3.05, 3.63) is 35.4 Å². The molecule has 1 aromatic rings. The van der Waals surface area contributed by atoms with Gasteiger partial charge in [0, 0.05) is 32.7 Å². The lowest BCUT2D eigenvalue weighted by atomic mass is 10.1. The lowest BCUT2D eigenvalue weighted by Gasteiger charge is -2.11. The quantitative estimate of drug-likeness (QED) is 0.753. The minimum absolute atomic E-state index is 0.0698. The van der Waals surface area contributed by atoms with E-state index in [1.807, 2.05) is 24.3 Å². The van der Waals surface area contributed by atoms with Crippen molar-refractivity contribution in [3.63, 3.8) is 0 Å². The summed E-state index contributed by atoms with van der Waals surface area (Å²) in [4.78, 5) is 11.7. The number of hydrogen-bond acceptors (Lipinski definition) is 3. The van der Waals surface area contributed by atoms with Gasteiger partial charge in [0.2, 0.25) is 5.91 Å². The van der Waals surface area contributed by atoms with E-state index in [-0.39, 0.29) is 5.91 Å². The average Bonchev–Trinajstić information content (AvgIpc) is 2.37. The molecule has 0 bridgehead atoms. The minimum Gasteiger partial charge on any atom is -0.380 e. The zero-order chi connectivity index (χ0) is 14.1. The number of methoxy groups -OCH3 is 1. The summed E-state index contributed by atoms with van der Waals surface area (Å²) < 4.78 is 5.14. The highest BCUT2D eigenvalue weighted by molar-refractivity contribution is 5.76. The maximum atomic E-state index is 11.7. The first-order valence-electron chi connectivity index (χ1n) is 6.69. The maximum Gasteiger partial charge on any atom is 0.221 e. The third-order valence-electron chi connectivity index (χ3n) is 2.80. The lowest BCUT2D eigenvalue weighted by molar-refractivity contribution is -0.121. The van der Waals surface area contributed by atoms with Crippen molar-refractivity contribution in [1.29, 1.82) is 0 Å². The molecule has 0 saturated heterocycles. The fourth-order valence-electron chi connectivity index (χ4n) is 1.78. The van der Waals surface area contributed by atoms with Crippen molar-refractivity contribution in [1.82, 2.24) is 10.6 Å². The molecule has 0 radical (unpaired) electrons. The topological polar surface area (TPSA) is 50.4 Å². The molecule has 0 unspecified atom stereocenters. The van der Waals surface area contributed by atoms with Crippen molar-refractivity contribution in [2.24, 2.45) is 0 Å². The molecule has 0 aliphatic rings. The predicted molar refractivity (Wildman–Crippen MR) is 76.8 cm³/mol. The lowest BCUT2D eigenvalue weighted by Crippen LogP contribution is -2.30. The number of carbonyl (C=O) groups excluding carboxylic acids is 1. The van der Waals surface area contributed by atoms with E-state index in [1.54, 1.807) is 7.11 Å². The van der Waals surface area contributed by atoms with Crippen LogP contribution in [0.2, 0.25) is 0 Å². The van der Waals surface area contributed by atoms with Gasteiger partial charge in [-0.3, -0.25) is 4.79 Å². The van der Waals surface area contributed by atoms with Crippen molar-refractivity contribution < 1.29 is 9.53 Å². The summed E-state index contributed by atoms with van der Waals surface area (Å²) in [7, 11) is 1.67. The van der Waals surface area contributed by atoms with Crippen LogP contribution in [0.1, 0.15) is 31.4 Å². The highest BCUT2D eigenvalue weighted by Gasteiger charge is 2.04. The summed E-state index contributed by atoms with van der Waals surface area (Å²) in [6.45, 7) is 5.97. The zero-order valence-electron chi connectivity index (χ0n) is 12.0. The Morgan fingerprint density at radius 1 is 1.26 bits per heavy atom. The van der Waals surface area contributed by atoms with E-state index in [1.165, 1.54) is 0 Å². The normalized spacial score (nSPS) is 10.7. The summed E-state index contributed by atoms with van der Waals surface area (Å²) >= 11 is 0. The molecule has 1 rings (SSSR count). The molecule has 0 aliphatic carbocycles. The molecule has 0 fully saturated rings. The Hall–Kier alpha value is -1.39. The second-order valence-corrected chi connectivity index (χ2v) is 4.84. The van der Waals surface area contributed by atoms with E-state index in [4.69, 9.17) is 4.74 Å².